The van der Waals surface area contributed by atoms with Crippen LogP contribution < -0.4 is 4.74 Å². The minimum Gasteiger partial charge on any atom is -0.493 e. The third kappa shape index (κ3) is 4.00. The SMILES string of the molecule is [C-]#[N+]C(C)c1cc(C(C)(C)C)cc(C(C)(C)C)c1OCC. The second-order valence-electron chi connectivity index (χ2n) is 7.68. The maximum absolute atomic E-state index is 7.40. The molecule has 0 fully saturated rings. The van der Waals surface area contributed by atoms with Crippen LogP contribution in [-0.2, 0) is 10.8 Å². The standard InChI is InChI=1S/C19H29NO/c1-10-21-17-15(13(2)20-9)11-14(18(3,4)5)12-16(17)19(6,7)8/h11-13H,10H2,1-8H3. The molecule has 2 nitrogen and oxygen atoms in total. The first-order chi connectivity index (χ1) is 9.52. The van der Waals surface area contributed by atoms with Gasteiger partial charge in [0.05, 0.1) is 12.2 Å². The molecule has 0 aliphatic heterocycles. The summed E-state index contributed by atoms with van der Waals surface area (Å²) in [5, 5.41) is 0. The Balaban J connectivity index is 3.71. The molecule has 0 aromatic heterocycles. The maximum Gasteiger partial charge on any atom is 0.249 e. The third-order valence-electron chi connectivity index (χ3n) is 3.72. The van der Waals surface area contributed by atoms with E-state index >= 15 is 0 Å². The third-order valence-corrected chi connectivity index (χ3v) is 3.72. The first-order valence-corrected chi connectivity index (χ1v) is 7.70. The number of ether oxygens (including phenoxy) is 1. The highest BCUT2D eigenvalue weighted by Crippen LogP contribution is 2.41. The number of nitrogens with zero attached hydrogens (tertiary/aromatic N) is 1. The van der Waals surface area contributed by atoms with Crippen molar-refractivity contribution in [3.05, 3.63) is 40.2 Å². The van der Waals surface area contributed by atoms with Gasteiger partial charge in [-0.3, -0.25) is 0 Å². The summed E-state index contributed by atoms with van der Waals surface area (Å²) in [6, 6.07) is 4.23. The van der Waals surface area contributed by atoms with Crippen LogP contribution in [0.1, 0.15) is 78.1 Å². The zero-order valence-corrected chi connectivity index (χ0v) is 14.8. The van der Waals surface area contributed by atoms with E-state index in [2.05, 4.69) is 58.5 Å². The quantitative estimate of drug-likeness (QED) is 0.654. The van der Waals surface area contributed by atoms with Gasteiger partial charge in [0, 0.05) is 12.5 Å². The summed E-state index contributed by atoms with van der Waals surface area (Å²) in [7, 11) is 0. The summed E-state index contributed by atoms with van der Waals surface area (Å²) in [6.07, 6.45) is 0. The average molecular weight is 287 g/mol. The smallest absolute Gasteiger partial charge is 0.249 e. The van der Waals surface area contributed by atoms with Crippen molar-refractivity contribution >= 4 is 0 Å². The van der Waals surface area contributed by atoms with Gasteiger partial charge in [0.15, 0.2) is 0 Å². The van der Waals surface area contributed by atoms with Crippen molar-refractivity contribution in [1.82, 2.24) is 0 Å². The highest BCUT2D eigenvalue weighted by atomic mass is 16.5. The van der Waals surface area contributed by atoms with Gasteiger partial charge in [0.2, 0.25) is 6.04 Å². The first-order valence-electron chi connectivity index (χ1n) is 7.70. The number of benzene rings is 1. The average Bonchev–Trinajstić information content (AvgIpc) is 2.35. The molecule has 1 aromatic rings. The van der Waals surface area contributed by atoms with E-state index < -0.39 is 0 Å². The van der Waals surface area contributed by atoms with Crippen molar-refractivity contribution in [3.63, 3.8) is 0 Å². The highest BCUT2D eigenvalue weighted by molar-refractivity contribution is 5.51. The normalized spacial score (nSPS) is 13.7. The number of rotatable bonds is 3. The predicted molar refractivity (Wildman–Crippen MR) is 90.0 cm³/mol. The Labute approximate surface area is 130 Å². The molecule has 2 heteroatoms. The van der Waals surface area contributed by atoms with Gasteiger partial charge in [-0.2, -0.15) is 0 Å². The van der Waals surface area contributed by atoms with Crippen LogP contribution in [0.25, 0.3) is 4.85 Å². The molecular formula is C19H29NO. The molecule has 0 saturated carbocycles. The Morgan fingerprint density at radius 1 is 1.10 bits per heavy atom. The minimum absolute atomic E-state index is 0.0116. The second kappa shape index (κ2) is 6.10. The van der Waals surface area contributed by atoms with Crippen LogP contribution in [0.2, 0.25) is 0 Å². The van der Waals surface area contributed by atoms with E-state index in [1.807, 2.05) is 13.8 Å². The van der Waals surface area contributed by atoms with Crippen LogP contribution in [0.4, 0.5) is 0 Å². The number of hydrogen-bond acceptors (Lipinski definition) is 1. The van der Waals surface area contributed by atoms with Crippen LogP contribution in [0.15, 0.2) is 12.1 Å². The molecule has 0 bridgehead atoms. The van der Waals surface area contributed by atoms with Gasteiger partial charge >= 0.3 is 0 Å². The summed E-state index contributed by atoms with van der Waals surface area (Å²) in [6.45, 7) is 25.2. The van der Waals surface area contributed by atoms with Gasteiger partial charge in [-0.15, -0.1) is 0 Å². The van der Waals surface area contributed by atoms with E-state index in [0.29, 0.717) is 6.61 Å². The molecule has 0 heterocycles. The zero-order valence-electron chi connectivity index (χ0n) is 14.8. The largest absolute Gasteiger partial charge is 0.493 e. The Kier molecular flexibility index (Phi) is 5.10. The van der Waals surface area contributed by atoms with Gasteiger partial charge in [-0.05, 0) is 29.4 Å². The fourth-order valence-corrected chi connectivity index (χ4v) is 2.33. The van der Waals surface area contributed by atoms with Crippen LogP contribution >= 0.6 is 0 Å². The Morgan fingerprint density at radius 3 is 2.05 bits per heavy atom. The lowest BCUT2D eigenvalue weighted by Crippen LogP contribution is -2.19. The fourth-order valence-electron chi connectivity index (χ4n) is 2.33. The molecule has 1 atom stereocenters. The maximum atomic E-state index is 7.40. The molecule has 0 amide bonds. The summed E-state index contributed by atoms with van der Waals surface area (Å²) in [5.74, 6) is 0.904. The van der Waals surface area contributed by atoms with E-state index in [4.69, 9.17) is 11.3 Å². The van der Waals surface area contributed by atoms with Gasteiger partial charge < -0.3 is 9.58 Å². The molecule has 1 aromatic carbocycles. The monoisotopic (exact) mass is 287 g/mol. The van der Waals surface area contributed by atoms with E-state index in [-0.39, 0.29) is 16.9 Å². The van der Waals surface area contributed by atoms with Crippen molar-refractivity contribution in [2.75, 3.05) is 6.61 Å². The lowest BCUT2D eigenvalue weighted by Gasteiger charge is -2.29. The molecule has 0 aliphatic rings. The molecule has 0 aliphatic carbocycles. The van der Waals surface area contributed by atoms with Crippen LogP contribution in [0.5, 0.6) is 5.75 Å². The molecule has 1 rings (SSSR count). The number of hydrogen-bond donors (Lipinski definition) is 0. The van der Waals surface area contributed by atoms with Crippen LogP contribution in [0.3, 0.4) is 0 Å². The predicted octanol–water partition coefficient (Wildman–Crippen LogP) is 5.66. The van der Waals surface area contributed by atoms with Crippen molar-refractivity contribution in [3.8, 4) is 5.75 Å². The second-order valence-corrected chi connectivity index (χ2v) is 7.68. The molecule has 0 saturated heterocycles. The molecular weight excluding hydrogens is 258 g/mol. The summed E-state index contributed by atoms with van der Waals surface area (Å²) in [5.41, 5.74) is 3.52. The van der Waals surface area contributed by atoms with Crippen LogP contribution in [-0.4, -0.2) is 6.61 Å². The van der Waals surface area contributed by atoms with Gasteiger partial charge in [0.25, 0.3) is 0 Å². The Hall–Kier alpha value is -1.49. The molecule has 116 valence electrons. The van der Waals surface area contributed by atoms with Gasteiger partial charge in [-0.1, -0.05) is 47.6 Å². The first kappa shape index (κ1) is 17.6. The van der Waals surface area contributed by atoms with Crippen molar-refractivity contribution in [2.45, 2.75) is 72.3 Å². The van der Waals surface area contributed by atoms with E-state index in [1.54, 1.807) is 0 Å². The van der Waals surface area contributed by atoms with E-state index in [1.165, 1.54) is 11.1 Å². The van der Waals surface area contributed by atoms with E-state index in [9.17, 15) is 0 Å². The molecule has 0 radical (unpaired) electrons. The molecule has 1 unspecified atom stereocenters. The molecule has 0 N–H and O–H groups in total. The van der Waals surface area contributed by atoms with Gasteiger partial charge in [-0.25, -0.2) is 6.57 Å². The summed E-state index contributed by atoms with van der Waals surface area (Å²) < 4.78 is 5.94. The Morgan fingerprint density at radius 2 is 1.67 bits per heavy atom. The Bertz CT molecular complexity index is 538. The van der Waals surface area contributed by atoms with Crippen LogP contribution in [0, 0.1) is 6.57 Å². The fraction of sp³-hybridized carbons (Fsp3) is 0.632. The van der Waals surface area contributed by atoms with Crippen molar-refractivity contribution in [2.24, 2.45) is 0 Å². The van der Waals surface area contributed by atoms with Crippen molar-refractivity contribution in [1.29, 1.82) is 0 Å². The summed E-state index contributed by atoms with van der Waals surface area (Å²) >= 11 is 0. The lowest BCUT2D eigenvalue weighted by atomic mass is 9.78. The summed E-state index contributed by atoms with van der Waals surface area (Å²) in [4.78, 5) is 3.72. The zero-order chi connectivity index (χ0) is 16.4. The van der Waals surface area contributed by atoms with Gasteiger partial charge in [0.1, 0.15) is 5.75 Å². The highest BCUT2D eigenvalue weighted by Gasteiger charge is 2.29. The molecule has 21 heavy (non-hydrogen) atoms. The lowest BCUT2D eigenvalue weighted by molar-refractivity contribution is 0.325. The molecule has 0 spiro atoms. The minimum atomic E-state index is -0.185. The topological polar surface area (TPSA) is 13.6 Å². The van der Waals surface area contributed by atoms with Crippen molar-refractivity contribution < 1.29 is 4.74 Å². The van der Waals surface area contributed by atoms with E-state index in [0.717, 1.165) is 11.3 Å².